The molecule has 2 heterocycles. The fourth-order valence-corrected chi connectivity index (χ4v) is 3.99. The lowest BCUT2D eigenvalue weighted by atomic mass is 9.81. The quantitative estimate of drug-likeness (QED) is 0.377. The number of carboxylic acids is 1. The van der Waals surface area contributed by atoms with Gasteiger partial charge in [0.05, 0.1) is 0 Å². The van der Waals surface area contributed by atoms with Crippen LogP contribution in [-0.4, -0.2) is 68.4 Å². The summed E-state index contributed by atoms with van der Waals surface area (Å²) in [6.07, 6.45) is -7.54. The van der Waals surface area contributed by atoms with Crippen molar-refractivity contribution in [1.82, 2.24) is 5.32 Å². The first-order valence-corrected chi connectivity index (χ1v) is 8.47. The Labute approximate surface area is 142 Å². The second-order valence-corrected chi connectivity index (χ2v) is 6.96. The molecule has 132 valence electrons. The molecule has 24 heavy (non-hydrogen) atoms. The number of aliphatic carboxylic acids is 1. The maximum atomic E-state index is 11.9. The minimum Gasteiger partial charge on any atom is -0.479 e. The van der Waals surface area contributed by atoms with E-state index in [0.717, 1.165) is 22.8 Å². The van der Waals surface area contributed by atoms with Gasteiger partial charge < -0.3 is 35.6 Å². The molecule has 5 atom stereocenters. The van der Waals surface area contributed by atoms with Gasteiger partial charge in [-0.1, -0.05) is 12.1 Å². The largest absolute Gasteiger partial charge is 0.479 e. The highest BCUT2D eigenvalue weighted by atomic mass is 32.2. The number of hydrogen-bond acceptors (Lipinski definition) is 8. The number of thioether (sulfide) groups is 1. The van der Waals surface area contributed by atoms with Gasteiger partial charge in [-0.05, 0) is 17.2 Å². The van der Waals surface area contributed by atoms with E-state index in [1.165, 1.54) is 17.8 Å². The maximum Gasteiger partial charge on any atom is 0.343 e. The van der Waals surface area contributed by atoms with Gasteiger partial charge in [0.1, 0.15) is 18.3 Å². The van der Waals surface area contributed by atoms with Gasteiger partial charge in [-0.15, -0.1) is 11.8 Å². The molecule has 2 aliphatic heterocycles. The fourth-order valence-electron chi connectivity index (χ4n) is 2.99. The van der Waals surface area contributed by atoms with E-state index in [-0.39, 0.29) is 5.56 Å². The van der Waals surface area contributed by atoms with Gasteiger partial charge in [0, 0.05) is 23.7 Å². The lowest BCUT2D eigenvalue weighted by Crippen LogP contribution is -2.65. The van der Waals surface area contributed by atoms with E-state index in [4.69, 9.17) is 4.74 Å². The molecular formula is C15H19NO7S. The van der Waals surface area contributed by atoms with Crippen LogP contribution in [-0.2, 0) is 21.7 Å². The average molecular weight is 357 g/mol. The zero-order valence-corrected chi connectivity index (χ0v) is 13.4. The first-order chi connectivity index (χ1) is 11.4. The number of rotatable bonds is 2. The lowest BCUT2D eigenvalue weighted by molar-refractivity contribution is -0.319. The summed E-state index contributed by atoms with van der Waals surface area (Å²) in [4.78, 5) is 12.8. The predicted octanol–water partition coefficient (Wildman–Crippen LogP) is -1.41. The van der Waals surface area contributed by atoms with Crippen molar-refractivity contribution < 1.29 is 35.1 Å². The van der Waals surface area contributed by atoms with E-state index in [0.29, 0.717) is 6.54 Å². The highest BCUT2D eigenvalue weighted by molar-refractivity contribution is 7.99. The second-order valence-electron chi connectivity index (χ2n) is 5.82. The third-order valence-electron chi connectivity index (χ3n) is 4.35. The molecule has 1 unspecified atom stereocenters. The summed E-state index contributed by atoms with van der Waals surface area (Å²) in [5.74, 6) is -0.763. The van der Waals surface area contributed by atoms with Crippen LogP contribution in [0.1, 0.15) is 11.1 Å². The van der Waals surface area contributed by atoms with Gasteiger partial charge >= 0.3 is 5.97 Å². The third-order valence-corrected chi connectivity index (χ3v) is 5.45. The molecule has 6 N–H and O–H groups in total. The fraction of sp³-hybridized carbons (Fsp3) is 0.533. The standard InChI is InChI=1S/C15H19NO7S/c17-10-11(18)13(20)23-15(12(10)19,14(21)22)8-2-1-7-6-16-3-4-24-9(7)5-8/h1-2,5,10-13,16-20H,3-4,6H2,(H,21,22)/t10-,11-,12+,13?,15+/m1/s1. The molecule has 0 aromatic heterocycles. The molecule has 0 bridgehead atoms. The molecule has 0 radical (unpaired) electrons. The van der Waals surface area contributed by atoms with Crippen molar-refractivity contribution >= 4 is 17.7 Å². The summed E-state index contributed by atoms with van der Waals surface area (Å²) in [6, 6.07) is 4.79. The van der Waals surface area contributed by atoms with E-state index in [2.05, 4.69) is 5.32 Å². The monoisotopic (exact) mass is 357 g/mol. The minimum atomic E-state index is -2.37. The van der Waals surface area contributed by atoms with Crippen molar-refractivity contribution in [2.45, 2.75) is 41.6 Å². The topological polar surface area (TPSA) is 139 Å². The van der Waals surface area contributed by atoms with Crippen LogP contribution in [0.2, 0.25) is 0 Å². The van der Waals surface area contributed by atoms with Crippen molar-refractivity contribution in [1.29, 1.82) is 0 Å². The number of nitrogens with one attached hydrogen (secondary N) is 1. The summed E-state index contributed by atoms with van der Waals surface area (Å²) in [5, 5.41) is 52.5. The molecule has 0 amide bonds. The Morgan fingerprint density at radius 2 is 2.00 bits per heavy atom. The molecule has 0 saturated carbocycles. The van der Waals surface area contributed by atoms with E-state index in [1.54, 1.807) is 12.1 Å². The highest BCUT2D eigenvalue weighted by Crippen LogP contribution is 2.40. The third kappa shape index (κ3) is 2.72. The average Bonchev–Trinajstić information content (AvgIpc) is 2.80. The SMILES string of the molecule is O=C(O)[C@@]1(c2ccc3c(c2)SCCNC3)OC(O)[C@H](O)[C@@H](O)[C@@H]1O. The van der Waals surface area contributed by atoms with Crippen molar-refractivity contribution in [3.8, 4) is 0 Å². The Morgan fingerprint density at radius 1 is 1.25 bits per heavy atom. The summed E-state index contributed by atoms with van der Waals surface area (Å²) < 4.78 is 5.11. The zero-order chi connectivity index (χ0) is 17.5. The van der Waals surface area contributed by atoms with Crippen molar-refractivity contribution in [2.24, 2.45) is 0 Å². The van der Waals surface area contributed by atoms with Crippen LogP contribution in [0.5, 0.6) is 0 Å². The normalized spacial score (nSPS) is 36.7. The van der Waals surface area contributed by atoms with Crippen molar-refractivity contribution in [3.63, 3.8) is 0 Å². The van der Waals surface area contributed by atoms with Crippen LogP contribution in [0.4, 0.5) is 0 Å². The van der Waals surface area contributed by atoms with Gasteiger partial charge in [-0.2, -0.15) is 0 Å². The molecule has 1 aromatic carbocycles. The van der Waals surface area contributed by atoms with E-state index < -0.39 is 36.2 Å². The Balaban J connectivity index is 2.08. The smallest absolute Gasteiger partial charge is 0.343 e. The number of carbonyl (C=O) groups is 1. The number of carboxylic acid groups (broad SMARTS) is 1. The molecule has 0 aliphatic carbocycles. The summed E-state index contributed by atoms with van der Waals surface area (Å²) in [7, 11) is 0. The minimum absolute atomic E-state index is 0.0978. The predicted molar refractivity (Wildman–Crippen MR) is 83.3 cm³/mol. The Bertz CT molecular complexity index is 642. The molecule has 1 aromatic rings. The van der Waals surface area contributed by atoms with Gasteiger partial charge in [0.15, 0.2) is 6.29 Å². The van der Waals surface area contributed by atoms with Crippen molar-refractivity contribution in [3.05, 3.63) is 29.3 Å². The first-order valence-electron chi connectivity index (χ1n) is 7.48. The zero-order valence-electron chi connectivity index (χ0n) is 12.6. The van der Waals surface area contributed by atoms with Crippen LogP contribution in [0.3, 0.4) is 0 Å². The molecule has 8 nitrogen and oxygen atoms in total. The number of hydrogen-bond donors (Lipinski definition) is 6. The molecule has 3 rings (SSSR count). The summed E-state index contributed by atoms with van der Waals surface area (Å²) >= 11 is 1.53. The van der Waals surface area contributed by atoms with Crippen LogP contribution in [0.25, 0.3) is 0 Å². The lowest BCUT2D eigenvalue weighted by Gasteiger charge is -2.45. The van der Waals surface area contributed by atoms with Gasteiger partial charge in [-0.25, -0.2) is 4.79 Å². The van der Waals surface area contributed by atoms with E-state index >= 15 is 0 Å². The molecule has 1 fully saturated rings. The molecule has 9 heteroatoms. The second kappa shape index (κ2) is 6.60. The van der Waals surface area contributed by atoms with Crippen molar-refractivity contribution in [2.75, 3.05) is 12.3 Å². The van der Waals surface area contributed by atoms with Gasteiger partial charge in [-0.3, -0.25) is 0 Å². The Kier molecular flexibility index (Phi) is 4.85. The van der Waals surface area contributed by atoms with Crippen LogP contribution >= 0.6 is 11.8 Å². The first kappa shape index (κ1) is 17.6. The van der Waals surface area contributed by atoms with Crippen LogP contribution in [0.15, 0.2) is 23.1 Å². The number of aliphatic hydroxyl groups excluding tert-OH is 4. The van der Waals surface area contributed by atoms with Crippen LogP contribution in [0, 0.1) is 0 Å². The maximum absolute atomic E-state index is 11.9. The molecule has 1 saturated heterocycles. The van der Waals surface area contributed by atoms with E-state index in [9.17, 15) is 30.3 Å². The molecule has 2 aliphatic rings. The number of fused-ring (bicyclic) bond motifs is 1. The number of ether oxygens (including phenoxy) is 1. The highest BCUT2D eigenvalue weighted by Gasteiger charge is 2.59. The number of aliphatic hydroxyl groups is 4. The van der Waals surface area contributed by atoms with E-state index in [1.807, 2.05) is 0 Å². The summed E-state index contributed by atoms with van der Waals surface area (Å²) in [5.41, 5.74) is -1.29. The molecular weight excluding hydrogens is 338 g/mol. The van der Waals surface area contributed by atoms with Crippen LogP contribution < -0.4 is 5.32 Å². The van der Waals surface area contributed by atoms with Gasteiger partial charge in [0.2, 0.25) is 5.60 Å². The summed E-state index contributed by atoms with van der Waals surface area (Å²) in [6.45, 7) is 1.44. The Morgan fingerprint density at radius 3 is 2.71 bits per heavy atom. The molecule has 0 spiro atoms. The van der Waals surface area contributed by atoms with Gasteiger partial charge in [0.25, 0.3) is 0 Å². The number of benzene rings is 1. The Hall–Kier alpha value is -1.20.